The van der Waals surface area contributed by atoms with Gasteiger partial charge in [-0.25, -0.2) is 0 Å². The molecule has 0 amide bonds. The van der Waals surface area contributed by atoms with E-state index in [1.807, 2.05) is 0 Å². The fourth-order valence-electron chi connectivity index (χ4n) is 1.04. The van der Waals surface area contributed by atoms with Crippen molar-refractivity contribution in [3.05, 3.63) is 29.7 Å². The second-order valence-electron chi connectivity index (χ2n) is 2.98. The molecule has 0 spiro atoms. The molecule has 1 aliphatic carbocycles. The topological polar surface area (TPSA) is 40.5 Å². The zero-order chi connectivity index (χ0) is 12.0. The fourth-order valence-corrected chi connectivity index (χ4v) is 1.04. The molecule has 0 unspecified atom stereocenters. The molecule has 0 aliphatic heterocycles. The number of rotatable bonds is 2. The van der Waals surface area contributed by atoms with E-state index in [0.717, 1.165) is 12.8 Å². The van der Waals surface area contributed by atoms with E-state index in [4.69, 9.17) is 15.5 Å². The van der Waals surface area contributed by atoms with E-state index in [1.165, 1.54) is 0 Å². The monoisotopic (exact) mass is 166 g/mol. The highest BCUT2D eigenvalue weighted by Crippen LogP contribution is 2.39. The highest BCUT2D eigenvalue weighted by atomic mass is 16.4. The van der Waals surface area contributed by atoms with Crippen LogP contribution < -0.4 is 5.46 Å². The lowest BCUT2D eigenvalue weighted by Gasteiger charge is -2.00. The minimum atomic E-state index is -1.97. The van der Waals surface area contributed by atoms with Gasteiger partial charge in [0, 0.05) is 0 Å². The zero-order valence-corrected chi connectivity index (χ0v) is 6.46. The predicted molar refractivity (Wildman–Crippen MR) is 48.2 cm³/mol. The minimum absolute atomic E-state index is 0.0954. The van der Waals surface area contributed by atoms with Crippen molar-refractivity contribution in [2.75, 3.05) is 0 Å². The molecule has 1 saturated carbocycles. The van der Waals surface area contributed by atoms with Gasteiger partial charge in [0.15, 0.2) is 0 Å². The molecule has 1 aliphatic rings. The molecule has 3 heteroatoms. The first-order chi connectivity index (χ1) is 7.45. The van der Waals surface area contributed by atoms with Gasteiger partial charge in [-0.3, -0.25) is 0 Å². The van der Waals surface area contributed by atoms with Crippen LogP contribution in [0.2, 0.25) is 0 Å². The lowest BCUT2D eigenvalue weighted by molar-refractivity contribution is 0.426. The highest BCUT2D eigenvalue weighted by Gasteiger charge is 2.23. The van der Waals surface area contributed by atoms with E-state index in [2.05, 4.69) is 0 Å². The maximum absolute atomic E-state index is 9.03. The van der Waals surface area contributed by atoms with Crippen molar-refractivity contribution in [2.45, 2.75) is 18.8 Å². The summed E-state index contributed by atoms with van der Waals surface area (Å²) >= 11 is 0. The Kier molecular flexibility index (Phi) is 1.08. The van der Waals surface area contributed by atoms with Gasteiger partial charge < -0.3 is 10.0 Å². The van der Waals surface area contributed by atoms with Crippen LogP contribution in [0.15, 0.2) is 24.2 Å². The van der Waals surface area contributed by atoms with Crippen LogP contribution in [0.5, 0.6) is 0 Å². The van der Waals surface area contributed by atoms with Crippen molar-refractivity contribution in [1.82, 2.24) is 0 Å². The molecule has 1 aromatic carbocycles. The Labute approximate surface area is 77.6 Å². The summed E-state index contributed by atoms with van der Waals surface area (Å²) in [6.45, 7) is 0. The molecule has 2 nitrogen and oxygen atoms in total. The average Bonchev–Trinajstić information content (AvgIpc) is 2.99. The van der Waals surface area contributed by atoms with Crippen LogP contribution in [0, 0.1) is 0 Å². The molecule has 12 heavy (non-hydrogen) atoms. The van der Waals surface area contributed by atoms with Crippen LogP contribution in [0.3, 0.4) is 0 Å². The standard InChI is InChI=1S/C9H11BO2/c11-10(12)9-5-3-8(4-6-9)7-1-2-7/h3-7,11-12H,1-2H2/i3D,4D,5D,6D. The molecular weight excluding hydrogens is 151 g/mol. The van der Waals surface area contributed by atoms with E-state index in [1.54, 1.807) is 0 Å². The van der Waals surface area contributed by atoms with Crippen molar-refractivity contribution in [3.8, 4) is 0 Å². The third kappa shape index (κ3) is 1.52. The van der Waals surface area contributed by atoms with E-state index < -0.39 is 7.12 Å². The SMILES string of the molecule is [2H]c1c([2H])c(C2CC2)c([2H])c([2H])c1B(O)O. The molecule has 0 bridgehead atoms. The van der Waals surface area contributed by atoms with Crippen molar-refractivity contribution in [1.29, 1.82) is 0 Å². The Morgan fingerprint density at radius 1 is 1.25 bits per heavy atom. The lowest BCUT2D eigenvalue weighted by atomic mass is 9.80. The largest absolute Gasteiger partial charge is 0.488 e. The molecule has 2 rings (SSSR count). The van der Waals surface area contributed by atoms with Gasteiger partial charge in [0.2, 0.25) is 0 Å². The van der Waals surface area contributed by atoms with Crippen molar-refractivity contribution >= 4 is 12.6 Å². The summed E-state index contributed by atoms with van der Waals surface area (Å²) in [6, 6.07) is -0.992. The van der Waals surface area contributed by atoms with Gasteiger partial charge in [-0.15, -0.1) is 0 Å². The molecule has 0 radical (unpaired) electrons. The zero-order valence-electron chi connectivity index (χ0n) is 10.5. The molecule has 0 heterocycles. The van der Waals surface area contributed by atoms with E-state index in [-0.39, 0.29) is 35.6 Å². The molecule has 62 valence electrons. The highest BCUT2D eigenvalue weighted by molar-refractivity contribution is 6.58. The molecular formula is C9H11BO2. The van der Waals surface area contributed by atoms with Crippen LogP contribution in [0.25, 0.3) is 0 Å². The van der Waals surface area contributed by atoms with Crippen molar-refractivity contribution in [2.24, 2.45) is 0 Å². The van der Waals surface area contributed by atoms with Gasteiger partial charge in [0.1, 0.15) is 0 Å². The summed E-state index contributed by atoms with van der Waals surface area (Å²) in [5.41, 5.74) is 0.0544. The average molecular weight is 166 g/mol. The maximum Gasteiger partial charge on any atom is 0.488 e. The number of hydrogen-bond donors (Lipinski definition) is 2. The van der Waals surface area contributed by atoms with Gasteiger partial charge in [-0.05, 0) is 29.8 Å². The summed E-state index contributed by atoms with van der Waals surface area (Å²) in [7, 11) is -1.97. The first-order valence-corrected chi connectivity index (χ1v) is 3.91. The first-order valence-electron chi connectivity index (χ1n) is 5.91. The minimum Gasteiger partial charge on any atom is -0.423 e. The van der Waals surface area contributed by atoms with Crippen LogP contribution in [0.4, 0.5) is 0 Å². The van der Waals surface area contributed by atoms with Gasteiger partial charge in [0.25, 0.3) is 0 Å². The molecule has 1 fully saturated rings. The Morgan fingerprint density at radius 2 is 1.83 bits per heavy atom. The number of hydrogen-bond acceptors (Lipinski definition) is 2. The summed E-state index contributed by atoms with van der Waals surface area (Å²) in [6.07, 6.45) is 1.75. The van der Waals surface area contributed by atoms with E-state index in [0.29, 0.717) is 5.56 Å². The summed E-state index contributed by atoms with van der Waals surface area (Å²) in [4.78, 5) is 0. The molecule has 1 aromatic rings. The third-order valence-corrected chi connectivity index (χ3v) is 1.91. The second-order valence-corrected chi connectivity index (χ2v) is 2.98. The fraction of sp³-hybridized carbons (Fsp3) is 0.333. The van der Waals surface area contributed by atoms with Crippen LogP contribution in [-0.2, 0) is 0 Å². The summed E-state index contributed by atoms with van der Waals surface area (Å²) in [5, 5.41) is 18.1. The molecule has 0 saturated heterocycles. The van der Waals surface area contributed by atoms with Crippen molar-refractivity contribution in [3.63, 3.8) is 0 Å². The predicted octanol–water partition coefficient (Wildman–Crippen LogP) is 0.244. The Morgan fingerprint density at radius 3 is 2.25 bits per heavy atom. The number of benzene rings is 1. The van der Waals surface area contributed by atoms with E-state index >= 15 is 0 Å². The van der Waals surface area contributed by atoms with Gasteiger partial charge in [0.05, 0.1) is 5.48 Å². The maximum atomic E-state index is 9.03. The van der Waals surface area contributed by atoms with Crippen LogP contribution >= 0.6 is 0 Å². The van der Waals surface area contributed by atoms with Crippen LogP contribution in [-0.4, -0.2) is 17.2 Å². The Bertz CT molecular complexity index is 384. The molecule has 0 aromatic heterocycles. The lowest BCUT2D eigenvalue weighted by Crippen LogP contribution is -2.29. The Hall–Kier alpha value is -0.795. The second kappa shape index (κ2) is 2.92. The summed E-state index contributed by atoms with van der Waals surface area (Å²) < 4.78 is 30.7. The third-order valence-electron chi connectivity index (χ3n) is 1.91. The smallest absolute Gasteiger partial charge is 0.423 e. The molecule has 0 atom stereocenters. The quantitative estimate of drug-likeness (QED) is 0.618. The van der Waals surface area contributed by atoms with Gasteiger partial charge >= 0.3 is 7.12 Å². The van der Waals surface area contributed by atoms with Gasteiger partial charge in [-0.2, -0.15) is 0 Å². The van der Waals surface area contributed by atoms with E-state index in [9.17, 15) is 0 Å². The normalized spacial score (nSPS) is 20.8. The molecule has 2 N–H and O–H groups in total. The van der Waals surface area contributed by atoms with Crippen LogP contribution in [0.1, 0.15) is 29.8 Å². The first kappa shape index (κ1) is 4.44. The van der Waals surface area contributed by atoms with Gasteiger partial charge in [-0.1, -0.05) is 24.2 Å². The Balaban J connectivity index is 2.68. The van der Waals surface area contributed by atoms with Crippen molar-refractivity contribution < 1.29 is 15.5 Å². The summed E-state index contributed by atoms with van der Waals surface area (Å²) in [5.74, 6) is 0.0954.